The summed E-state index contributed by atoms with van der Waals surface area (Å²) in [6.07, 6.45) is 5.76. The molecule has 0 saturated carbocycles. The SMILES string of the molecule is Cc1nccc2cc(CC3CCNCC3)ccc12. The summed E-state index contributed by atoms with van der Waals surface area (Å²) in [6.45, 7) is 4.44. The summed E-state index contributed by atoms with van der Waals surface area (Å²) in [4.78, 5) is 4.34. The second kappa shape index (κ2) is 5.07. The summed E-state index contributed by atoms with van der Waals surface area (Å²) < 4.78 is 0. The zero-order valence-corrected chi connectivity index (χ0v) is 10.9. The van der Waals surface area contributed by atoms with E-state index in [9.17, 15) is 0 Å². The number of pyridine rings is 1. The lowest BCUT2D eigenvalue weighted by atomic mass is 9.90. The van der Waals surface area contributed by atoms with Crippen molar-refractivity contribution in [3.63, 3.8) is 0 Å². The highest BCUT2D eigenvalue weighted by atomic mass is 14.9. The molecule has 2 heteroatoms. The second-order valence-electron chi connectivity index (χ2n) is 5.35. The third-order valence-corrected chi connectivity index (χ3v) is 4.01. The molecule has 0 atom stereocenters. The van der Waals surface area contributed by atoms with E-state index < -0.39 is 0 Å². The van der Waals surface area contributed by atoms with E-state index in [2.05, 4.69) is 41.5 Å². The van der Waals surface area contributed by atoms with Crippen molar-refractivity contribution in [2.75, 3.05) is 13.1 Å². The minimum Gasteiger partial charge on any atom is -0.317 e. The number of nitrogens with one attached hydrogen (secondary N) is 1. The van der Waals surface area contributed by atoms with Crippen molar-refractivity contribution in [3.8, 4) is 0 Å². The second-order valence-corrected chi connectivity index (χ2v) is 5.35. The number of nitrogens with zero attached hydrogens (tertiary/aromatic N) is 1. The van der Waals surface area contributed by atoms with Crippen molar-refractivity contribution < 1.29 is 0 Å². The molecule has 1 aromatic heterocycles. The van der Waals surface area contributed by atoms with Gasteiger partial charge in [0, 0.05) is 17.3 Å². The van der Waals surface area contributed by atoms with Crippen LogP contribution in [0.25, 0.3) is 10.8 Å². The van der Waals surface area contributed by atoms with Gasteiger partial charge >= 0.3 is 0 Å². The van der Waals surface area contributed by atoms with Crippen LogP contribution in [0.15, 0.2) is 30.5 Å². The van der Waals surface area contributed by atoms with E-state index in [0.29, 0.717) is 0 Å². The van der Waals surface area contributed by atoms with Gasteiger partial charge in [0.25, 0.3) is 0 Å². The quantitative estimate of drug-likeness (QED) is 0.872. The monoisotopic (exact) mass is 240 g/mol. The van der Waals surface area contributed by atoms with Crippen LogP contribution in [0.5, 0.6) is 0 Å². The van der Waals surface area contributed by atoms with Crippen molar-refractivity contribution in [1.82, 2.24) is 10.3 Å². The molecular weight excluding hydrogens is 220 g/mol. The first-order valence-corrected chi connectivity index (χ1v) is 6.88. The molecule has 0 bridgehead atoms. The van der Waals surface area contributed by atoms with Gasteiger partial charge in [0.15, 0.2) is 0 Å². The predicted octanol–water partition coefficient (Wildman–Crippen LogP) is 3.09. The first-order chi connectivity index (χ1) is 8.83. The van der Waals surface area contributed by atoms with Crippen LogP contribution in [0.4, 0.5) is 0 Å². The highest BCUT2D eigenvalue weighted by Crippen LogP contribution is 2.22. The molecule has 1 aromatic carbocycles. The molecule has 0 radical (unpaired) electrons. The fraction of sp³-hybridized carbons (Fsp3) is 0.438. The molecule has 0 aliphatic carbocycles. The van der Waals surface area contributed by atoms with Gasteiger partial charge in [0.2, 0.25) is 0 Å². The zero-order valence-electron chi connectivity index (χ0n) is 10.9. The van der Waals surface area contributed by atoms with Crippen LogP contribution in [0.1, 0.15) is 24.1 Å². The number of aryl methyl sites for hydroxylation is 1. The fourth-order valence-electron chi connectivity index (χ4n) is 2.92. The van der Waals surface area contributed by atoms with Crippen molar-refractivity contribution in [3.05, 3.63) is 41.7 Å². The molecular formula is C16H20N2. The van der Waals surface area contributed by atoms with Crippen LogP contribution in [-0.2, 0) is 6.42 Å². The first kappa shape index (κ1) is 11.7. The molecule has 1 N–H and O–H groups in total. The Kier molecular flexibility index (Phi) is 3.28. The molecule has 1 aliphatic heterocycles. The molecule has 0 spiro atoms. The molecule has 2 heterocycles. The highest BCUT2D eigenvalue weighted by Gasteiger charge is 2.13. The van der Waals surface area contributed by atoms with E-state index in [0.717, 1.165) is 11.6 Å². The molecule has 1 aliphatic rings. The van der Waals surface area contributed by atoms with Gasteiger partial charge in [0.1, 0.15) is 0 Å². The fourth-order valence-corrected chi connectivity index (χ4v) is 2.92. The number of hydrogen-bond acceptors (Lipinski definition) is 2. The van der Waals surface area contributed by atoms with Gasteiger partial charge in [-0.15, -0.1) is 0 Å². The molecule has 0 unspecified atom stereocenters. The van der Waals surface area contributed by atoms with Crippen molar-refractivity contribution >= 4 is 10.8 Å². The molecule has 18 heavy (non-hydrogen) atoms. The van der Waals surface area contributed by atoms with Gasteiger partial charge in [-0.2, -0.15) is 0 Å². The van der Waals surface area contributed by atoms with Crippen LogP contribution in [0, 0.1) is 12.8 Å². The molecule has 1 fully saturated rings. The van der Waals surface area contributed by atoms with E-state index >= 15 is 0 Å². The van der Waals surface area contributed by atoms with Gasteiger partial charge in [-0.1, -0.05) is 18.2 Å². The van der Waals surface area contributed by atoms with Crippen LogP contribution in [0.2, 0.25) is 0 Å². The number of rotatable bonds is 2. The standard InChI is InChI=1S/C16H20N2/c1-12-16-3-2-14(11-15(16)6-9-18-12)10-13-4-7-17-8-5-13/h2-3,6,9,11,13,17H,4-5,7-8,10H2,1H3. The van der Waals surface area contributed by atoms with Gasteiger partial charge in [-0.3, -0.25) is 4.98 Å². The lowest BCUT2D eigenvalue weighted by Crippen LogP contribution is -2.28. The average molecular weight is 240 g/mol. The number of hydrogen-bond donors (Lipinski definition) is 1. The summed E-state index contributed by atoms with van der Waals surface area (Å²) in [5.41, 5.74) is 2.60. The van der Waals surface area contributed by atoms with Gasteiger partial charge < -0.3 is 5.32 Å². The lowest BCUT2D eigenvalue weighted by molar-refractivity contribution is 0.373. The normalized spacial score (nSPS) is 17.2. The van der Waals surface area contributed by atoms with E-state index in [4.69, 9.17) is 0 Å². The van der Waals surface area contributed by atoms with Crippen LogP contribution in [0.3, 0.4) is 0 Å². The molecule has 2 nitrogen and oxygen atoms in total. The average Bonchev–Trinajstić information content (AvgIpc) is 2.40. The third-order valence-electron chi connectivity index (χ3n) is 4.01. The summed E-state index contributed by atoms with van der Waals surface area (Å²) in [5.74, 6) is 0.853. The minimum atomic E-state index is 0.853. The van der Waals surface area contributed by atoms with E-state index in [1.165, 1.54) is 48.7 Å². The maximum atomic E-state index is 4.34. The first-order valence-electron chi connectivity index (χ1n) is 6.88. The third kappa shape index (κ3) is 2.39. The summed E-state index contributed by atoms with van der Waals surface area (Å²) in [6, 6.07) is 8.97. The maximum absolute atomic E-state index is 4.34. The predicted molar refractivity (Wildman–Crippen MR) is 75.8 cm³/mol. The van der Waals surface area contributed by atoms with E-state index in [1.807, 2.05) is 6.20 Å². The Labute approximate surface area is 108 Å². The molecule has 1 saturated heterocycles. The Balaban J connectivity index is 1.84. The lowest BCUT2D eigenvalue weighted by Gasteiger charge is -2.22. The zero-order chi connectivity index (χ0) is 12.4. The largest absolute Gasteiger partial charge is 0.317 e. The van der Waals surface area contributed by atoms with Crippen molar-refractivity contribution in [1.29, 1.82) is 0 Å². The Morgan fingerprint density at radius 2 is 2.06 bits per heavy atom. The smallest absolute Gasteiger partial charge is 0.0450 e. The van der Waals surface area contributed by atoms with Gasteiger partial charge in [-0.25, -0.2) is 0 Å². The van der Waals surface area contributed by atoms with E-state index in [1.54, 1.807) is 0 Å². The molecule has 0 amide bonds. The number of aromatic nitrogens is 1. The Bertz CT molecular complexity index is 542. The van der Waals surface area contributed by atoms with Crippen molar-refractivity contribution in [2.24, 2.45) is 5.92 Å². The van der Waals surface area contributed by atoms with Gasteiger partial charge in [-0.05, 0) is 62.2 Å². The molecule has 3 rings (SSSR count). The minimum absolute atomic E-state index is 0.853. The summed E-state index contributed by atoms with van der Waals surface area (Å²) in [5, 5.41) is 6.04. The Morgan fingerprint density at radius 3 is 2.89 bits per heavy atom. The van der Waals surface area contributed by atoms with E-state index in [-0.39, 0.29) is 0 Å². The maximum Gasteiger partial charge on any atom is 0.0450 e. The summed E-state index contributed by atoms with van der Waals surface area (Å²) in [7, 11) is 0. The Hall–Kier alpha value is -1.41. The number of benzene rings is 1. The van der Waals surface area contributed by atoms with Gasteiger partial charge in [0.05, 0.1) is 0 Å². The molecule has 94 valence electrons. The number of piperidine rings is 1. The molecule has 2 aromatic rings. The Morgan fingerprint density at radius 1 is 1.22 bits per heavy atom. The van der Waals surface area contributed by atoms with Crippen LogP contribution in [-0.4, -0.2) is 18.1 Å². The summed E-state index contributed by atoms with van der Waals surface area (Å²) >= 11 is 0. The van der Waals surface area contributed by atoms with Crippen LogP contribution >= 0.6 is 0 Å². The number of fused-ring (bicyclic) bond motifs is 1. The van der Waals surface area contributed by atoms with Crippen LogP contribution < -0.4 is 5.32 Å². The topological polar surface area (TPSA) is 24.9 Å². The highest BCUT2D eigenvalue weighted by molar-refractivity contribution is 5.84. The van der Waals surface area contributed by atoms with Crippen molar-refractivity contribution in [2.45, 2.75) is 26.2 Å².